The first kappa shape index (κ1) is 19.2. The Balaban J connectivity index is 1.90. The summed E-state index contributed by atoms with van der Waals surface area (Å²) in [5.41, 5.74) is 1.53. The molecule has 1 aromatic heterocycles. The molecule has 0 saturated carbocycles. The van der Waals surface area contributed by atoms with Crippen LogP contribution in [0.4, 0.5) is 0 Å². The van der Waals surface area contributed by atoms with Crippen molar-refractivity contribution in [3.63, 3.8) is 0 Å². The fourth-order valence-electron chi connectivity index (χ4n) is 3.35. The third kappa shape index (κ3) is 4.06. The van der Waals surface area contributed by atoms with Gasteiger partial charge in [0.15, 0.2) is 11.5 Å². The number of carbonyl (C=O) groups excluding carboxylic acids is 1. The molecule has 0 bridgehead atoms. The molecule has 1 amide bonds. The van der Waals surface area contributed by atoms with Crippen molar-refractivity contribution in [2.24, 2.45) is 0 Å². The van der Waals surface area contributed by atoms with Crippen molar-refractivity contribution >= 4 is 5.91 Å². The van der Waals surface area contributed by atoms with Crippen molar-refractivity contribution in [3.8, 4) is 11.5 Å². The van der Waals surface area contributed by atoms with E-state index in [-0.39, 0.29) is 18.9 Å². The number of amides is 1. The number of aliphatic hydroxyl groups is 1. The van der Waals surface area contributed by atoms with E-state index in [0.717, 1.165) is 11.3 Å². The molecule has 8 nitrogen and oxygen atoms in total. The quantitative estimate of drug-likeness (QED) is 0.816. The molecule has 8 heteroatoms. The minimum atomic E-state index is -0.530. The van der Waals surface area contributed by atoms with Crippen LogP contribution in [0.3, 0.4) is 0 Å². The third-order valence-electron chi connectivity index (χ3n) is 4.60. The Kier molecular flexibility index (Phi) is 5.98. The van der Waals surface area contributed by atoms with E-state index < -0.39 is 12.1 Å². The van der Waals surface area contributed by atoms with Crippen molar-refractivity contribution in [1.82, 2.24) is 10.1 Å². The van der Waals surface area contributed by atoms with Crippen LogP contribution in [0.25, 0.3) is 0 Å². The van der Waals surface area contributed by atoms with Gasteiger partial charge in [-0.25, -0.2) is 0 Å². The lowest BCUT2D eigenvalue weighted by molar-refractivity contribution is -0.149. The summed E-state index contributed by atoms with van der Waals surface area (Å²) in [6.07, 6.45) is -0.430. The van der Waals surface area contributed by atoms with Crippen LogP contribution in [0.5, 0.6) is 11.5 Å². The van der Waals surface area contributed by atoms with Gasteiger partial charge in [-0.15, -0.1) is 0 Å². The molecule has 0 radical (unpaired) electrons. The monoisotopic (exact) mass is 376 g/mol. The van der Waals surface area contributed by atoms with E-state index in [1.54, 1.807) is 44.2 Å². The second kappa shape index (κ2) is 8.41. The maximum absolute atomic E-state index is 12.9. The molecule has 0 unspecified atom stereocenters. The largest absolute Gasteiger partial charge is 0.493 e. The molecule has 2 aromatic rings. The van der Waals surface area contributed by atoms with Gasteiger partial charge < -0.3 is 28.7 Å². The summed E-state index contributed by atoms with van der Waals surface area (Å²) in [6, 6.07) is 6.73. The highest BCUT2D eigenvalue weighted by atomic mass is 16.5. The maximum Gasteiger partial charge on any atom is 0.230 e. The first-order valence-corrected chi connectivity index (χ1v) is 8.73. The normalized spacial score (nSPS) is 19.8. The number of hydrogen-bond acceptors (Lipinski definition) is 7. The lowest BCUT2D eigenvalue weighted by Gasteiger charge is -2.41. The first-order valence-electron chi connectivity index (χ1n) is 8.73. The van der Waals surface area contributed by atoms with Crippen molar-refractivity contribution in [3.05, 3.63) is 41.3 Å². The minimum absolute atomic E-state index is 0.1000. The van der Waals surface area contributed by atoms with Gasteiger partial charge in [0.1, 0.15) is 11.9 Å². The SMILES string of the molecule is COc1ccc([C@@H]2[C@@H](CO)OCCN2C(=O)Cc2cc(C)no2)cc1OC. The van der Waals surface area contributed by atoms with E-state index >= 15 is 0 Å². The molecule has 3 rings (SSSR count). The minimum Gasteiger partial charge on any atom is -0.493 e. The van der Waals surface area contributed by atoms with E-state index in [4.69, 9.17) is 18.7 Å². The Morgan fingerprint density at radius 3 is 2.70 bits per heavy atom. The Labute approximate surface area is 157 Å². The molecule has 146 valence electrons. The Morgan fingerprint density at radius 1 is 1.30 bits per heavy atom. The first-order chi connectivity index (χ1) is 13.1. The molecule has 2 atom stereocenters. The Bertz CT molecular complexity index is 790. The second-order valence-electron chi connectivity index (χ2n) is 6.35. The predicted octanol–water partition coefficient (Wildman–Crippen LogP) is 1.50. The highest BCUT2D eigenvalue weighted by Gasteiger charge is 2.36. The van der Waals surface area contributed by atoms with Gasteiger partial charge >= 0.3 is 0 Å². The summed E-state index contributed by atoms with van der Waals surface area (Å²) in [4.78, 5) is 14.7. The Hall–Kier alpha value is -2.58. The average molecular weight is 376 g/mol. The number of hydrogen-bond donors (Lipinski definition) is 1. The maximum atomic E-state index is 12.9. The molecule has 1 aliphatic heterocycles. The topological polar surface area (TPSA) is 94.3 Å². The smallest absolute Gasteiger partial charge is 0.230 e. The van der Waals surface area contributed by atoms with Crippen LogP contribution in [0, 0.1) is 6.92 Å². The molecule has 1 aromatic carbocycles. The van der Waals surface area contributed by atoms with Gasteiger partial charge in [0.2, 0.25) is 5.91 Å². The number of morpholine rings is 1. The lowest BCUT2D eigenvalue weighted by Crippen LogP contribution is -2.49. The molecule has 1 saturated heterocycles. The summed E-state index contributed by atoms with van der Waals surface area (Å²) in [7, 11) is 3.12. The zero-order valence-electron chi connectivity index (χ0n) is 15.7. The third-order valence-corrected chi connectivity index (χ3v) is 4.60. The molecule has 0 aliphatic carbocycles. The summed E-state index contributed by atoms with van der Waals surface area (Å²) >= 11 is 0. The summed E-state index contributed by atoms with van der Waals surface area (Å²) < 4.78 is 21.5. The number of nitrogens with zero attached hydrogens (tertiary/aromatic N) is 2. The number of aryl methyl sites for hydroxylation is 1. The number of carbonyl (C=O) groups is 1. The Morgan fingerprint density at radius 2 is 2.07 bits per heavy atom. The number of methoxy groups -OCH3 is 2. The predicted molar refractivity (Wildman–Crippen MR) is 95.8 cm³/mol. The van der Waals surface area contributed by atoms with Gasteiger partial charge in [-0.1, -0.05) is 11.2 Å². The molecular formula is C19H24N2O6. The van der Waals surface area contributed by atoms with Crippen LogP contribution < -0.4 is 9.47 Å². The van der Waals surface area contributed by atoms with Crippen molar-refractivity contribution in [2.45, 2.75) is 25.5 Å². The van der Waals surface area contributed by atoms with Crippen LogP contribution in [0.15, 0.2) is 28.8 Å². The molecule has 1 aliphatic rings. The number of aromatic nitrogens is 1. The van der Waals surface area contributed by atoms with E-state index in [9.17, 15) is 9.90 Å². The van der Waals surface area contributed by atoms with Crippen LogP contribution in [0.2, 0.25) is 0 Å². The van der Waals surface area contributed by atoms with E-state index in [0.29, 0.717) is 30.4 Å². The van der Waals surface area contributed by atoms with E-state index in [2.05, 4.69) is 5.16 Å². The van der Waals surface area contributed by atoms with E-state index in [1.165, 1.54) is 0 Å². The molecular weight excluding hydrogens is 352 g/mol. The van der Waals surface area contributed by atoms with Crippen molar-refractivity contribution in [2.75, 3.05) is 34.0 Å². The zero-order valence-corrected chi connectivity index (χ0v) is 15.7. The number of benzene rings is 1. The molecule has 2 heterocycles. The van der Waals surface area contributed by atoms with Gasteiger partial charge in [0, 0.05) is 12.6 Å². The summed E-state index contributed by atoms with van der Waals surface area (Å²) in [5.74, 6) is 1.53. The molecule has 1 N–H and O–H groups in total. The van der Waals surface area contributed by atoms with Gasteiger partial charge in [0.25, 0.3) is 0 Å². The van der Waals surface area contributed by atoms with Gasteiger partial charge in [-0.2, -0.15) is 0 Å². The van der Waals surface area contributed by atoms with E-state index in [1.807, 2.05) is 6.07 Å². The fourth-order valence-corrected chi connectivity index (χ4v) is 3.35. The van der Waals surface area contributed by atoms with Crippen LogP contribution in [-0.2, 0) is 16.0 Å². The van der Waals surface area contributed by atoms with Crippen LogP contribution in [0.1, 0.15) is 23.1 Å². The molecule has 1 fully saturated rings. The zero-order chi connectivity index (χ0) is 19.4. The van der Waals surface area contributed by atoms with Gasteiger partial charge in [0.05, 0.1) is 45.6 Å². The number of rotatable bonds is 6. The van der Waals surface area contributed by atoms with Gasteiger partial charge in [-0.05, 0) is 24.6 Å². The molecule has 27 heavy (non-hydrogen) atoms. The highest BCUT2D eigenvalue weighted by molar-refractivity contribution is 5.79. The lowest BCUT2D eigenvalue weighted by atomic mass is 9.97. The number of ether oxygens (including phenoxy) is 3. The summed E-state index contributed by atoms with van der Waals surface area (Å²) in [5, 5.41) is 13.6. The number of aliphatic hydroxyl groups excluding tert-OH is 1. The second-order valence-corrected chi connectivity index (χ2v) is 6.35. The summed E-state index contributed by atoms with van der Waals surface area (Å²) in [6.45, 7) is 2.38. The average Bonchev–Trinajstić information content (AvgIpc) is 3.11. The van der Waals surface area contributed by atoms with Crippen molar-refractivity contribution < 1.29 is 28.6 Å². The van der Waals surface area contributed by atoms with Crippen molar-refractivity contribution in [1.29, 1.82) is 0 Å². The molecule has 0 spiro atoms. The van der Waals surface area contributed by atoms with Crippen LogP contribution >= 0.6 is 0 Å². The fraction of sp³-hybridized carbons (Fsp3) is 0.474. The standard InChI is InChI=1S/C19H24N2O6/c1-12-8-14(27-20-12)10-18(23)21-6-7-26-17(11-22)19(21)13-4-5-15(24-2)16(9-13)25-3/h4-5,8-9,17,19,22H,6-7,10-11H2,1-3H3/t17-,19-/m1/s1. The van der Waals surface area contributed by atoms with Crippen LogP contribution in [-0.4, -0.2) is 61.2 Å². The highest BCUT2D eigenvalue weighted by Crippen LogP contribution is 2.35. The van der Waals surface area contributed by atoms with Gasteiger partial charge in [-0.3, -0.25) is 4.79 Å².